The molecule has 1 saturated heterocycles. The van der Waals surface area contributed by atoms with E-state index in [-0.39, 0.29) is 6.10 Å². The van der Waals surface area contributed by atoms with Gasteiger partial charge in [0.2, 0.25) is 0 Å². The molecule has 0 N–H and O–H groups in total. The summed E-state index contributed by atoms with van der Waals surface area (Å²) >= 11 is 0. The lowest BCUT2D eigenvalue weighted by Crippen LogP contribution is -2.27. The molecule has 1 heterocycles. The minimum absolute atomic E-state index is 0.115. The minimum atomic E-state index is -3.34. The van der Waals surface area contributed by atoms with E-state index in [2.05, 4.69) is 29.2 Å². The van der Waals surface area contributed by atoms with Gasteiger partial charge in [-0.15, -0.1) is 0 Å². The first-order chi connectivity index (χ1) is 9.51. The van der Waals surface area contributed by atoms with E-state index in [1.165, 1.54) is 5.56 Å². The SMILES string of the molecule is CS(=O)(=O)O[C@H]1CC[C@H]2CN(Cc3ccccc3)C[C@H]21. The molecule has 0 amide bonds. The van der Waals surface area contributed by atoms with E-state index in [1.807, 2.05) is 6.07 Å². The van der Waals surface area contributed by atoms with Crippen LogP contribution in [-0.4, -0.2) is 38.8 Å². The molecule has 3 atom stereocenters. The molecule has 0 unspecified atom stereocenters. The highest BCUT2D eigenvalue weighted by Gasteiger charge is 2.44. The Kier molecular flexibility index (Phi) is 3.84. The van der Waals surface area contributed by atoms with Crippen molar-refractivity contribution in [3.63, 3.8) is 0 Å². The molecule has 5 heteroatoms. The van der Waals surface area contributed by atoms with Crippen molar-refractivity contribution < 1.29 is 12.6 Å². The van der Waals surface area contributed by atoms with Crippen molar-refractivity contribution in [1.29, 1.82) is 0 Å². The molecule has 110 valence electrons. The van der Waals surface area contributed by atoms with Gasteiger partial charge in [-0.25, -0.2) is 0 Å². The Morgan fingerprint density at radius 1 is 1.20 bits per heavy atom. The van der Waals surface area contributed by atoms with Crippen LogP contribution in [0, 0.1) is 11.8 Å². The predicted molar refractivity (Wildman–Crippen MR) is 77.6 cm³/mol. The zero-order valence-electron chi connectivity index (χ0n) is 11.7. The third-order valence-electron chi connectivity index (χ3n) is 4.41. The van der Waals surface area contributed by atoms with Crippen molar-refractivity contribution in [2.24, 2.45) is 11.8 Å². The highest BCUT2D eigenvalue weighted by molar-refractivity contribution is 7.86. The van der Waals surface area contributed by atoms with Gasteiger partial charge in [-0.05, 0) is 24.3 Å². The Morgan fingerprint density at radius 3 is 2.65 bits per heavy atom. The van der Waals surface area contributed by atoms with Crippen LogP contribution in [0.4, 0.5) is 0 Å². The van der Waals surface area contributed by atoms with Gasteiger partial charge in [-0.1, -0.05) is 30.3 Å². The molecule has 0 bridgehead atoms. The Balaban J connectivity index is 1.62. The van der Waals surface area contributed by atoms with E-state index in [0.29, 0.717) is 11.8 Å². The highest BCUT2D eigenvalue weighted by atomic mass is 32.2. The van der Waals surface area contributed by atoms with Gasteiger partial charge in [-0.2, -0.15) is 8.42 Å². The Bertz CT molecular complexity index is 558. The molecule has 1 aliphatic carbocycles. The van der Waals surface area contributed by atoms with Gasteiger partial charge in [0.05, 0.1) is 12.4 Å². The van der Waals surface area contributed by atoms with Crippen LogP contribution in [0.25, 0.3) is 0 Å². The van der Waals surface area contributed by atoms with E-state index in [9.17, 15) is 8.42 Å². The third-order valence-corrected chi connectivity index (χ3v) is 5.01. The number of hydrogen-bond donors (Lipinski definition) is 0. The Hall–Kier alpha value is -0.910. The molecular formula is C15H21NO3S. The van der Waals surface area contributed by atoms with Crippen LogP contribution >= 0.6 is 0 Å². The normalized spacial score (nSPS) is 30.6. The van der Waals surface area contributed by atoms with Gasteiger partial charge in [0, 0.05) is 25.6 Å². The molecule has 1 aromatic rings. The molecule has 2 aliphatic rings. The predicted octanol–water partition coefficient (Wildman–Crippen LogP) is 1.87. The molecule has 0 aromatic heterocycles. The van der Waals surface area contributed by atoms with E-state index < -0.39 is 10.1 Å². The molecule has 1 aromatic carbocycles. The van der Waals surface area contributed by atoms with Crippen molar-refractivity contribution in [2.75, 3.05) is 19.3 Å². The molecule has 0 radical (unpaired) electrons. The van der Waals surface area contributed by atoms with Gasteiger partial charge >= 0.3 is 0 Å². The first-order valence-corrected chi connectivity index (χ1v) is 8.97. The van der Waals surface area contributed by atoms with Crippen LogP contribution in [0.5, 0.6) is 0 Å². The zero-order chi connectivity index (χ0) is 14.2. The average Bonchev–Trinajstić information content (AvgIpc) is 2.91. The van der Waals surface area contributed by atoms with Crippen LogP contribution in [0.3, 0.4) is 0 Å². The summed E-state index contributed by atoms with van der Waals surface area (Å²) in [7, 11) is -3.34. The second-order valence-corrected chi connectivity index (χ2v) is 7.62. The Morgan fingerprint density at radius 2 is 1.95 bits per heavy atom. The maximum atomic E-state index is 11.3. The summed E-state index contributed by atoms with van der Waals surface area (Å²) in [4.78, 5) is 2.42. The van der Waals surface area contributed by atoms with Crippen molar-refractivity contribution in [1.82, 2.24) is 4.90 Å². The van der Waals surface area contributed by atoms with Crippen LogP contribution in [0.2, 0.25) is 0 Å². The van der Waals surface area contributed by atoms with Gasteiger partial charge in [-0.3, -0.25) is 9.08 Å². The number of rotatable bonds is 4. The van der Waals surface area contributed by atoms with E-state index in [1.54, 1.807) is 0 Å². The van der Waals surface area contributed by atoms with Crippen molar-refractivity contribution in [3.05, 3.63) is 35.9 Å². The highest BCUT2D eigenvalue weighted by Crippen LogP contribution is 2.40. The number of fused-ring (bicyclic) bond motifs is 1. The van der Waals surface area contributed by atoms with Gasteiger partial charge in [0.25, 0.3) is 10.1 Å². The van der Waals surface area contributed by atoms with Gasteiger partial charge in [0.15, 0.2) is 0 Å². The second kappa shape index (κ2) is 5.47. The first-order valence-electron chi connectivity index (χ1n) is 7.16. The third kappa shape index (κ3) is 3.22. The largest absolute Gasteiger partial charge is 0.298 e. The molecule has 0 spiro atoms. The lowest BCUT2D eigenvalue weighted by molar-refractivity contribution is 0.156. The summed E-state index contributed by atoms with van der Waals surface area (Å²) < 4.78 is 27.9. The van der Waals surface area contributed by atoms with Gasteiger partial charge in [0.1, 0.15) is 0 Å². The number of nitrogens with zero attached hydrogens (tertiary/aromatic N) is 1. The summed E-state index contributed by atoms with van der Waals surface area (Å²) in [5.41, 5.74) is 1.31. The second-order valence-electron chi connectivity index (χ2n) is 6.02. The maximum absolute atomic E-state index is 11.3. The van der Waals surface area contributed by atoms with Crippen LogP contribution in [0.1, 0.15) is 18.4 Å². The summed E-state index contributed by atoms with van der Waals surface area (Å²) in [5, 5.41) is 0. The van der Waals surface area contributed by atoms with Crippen LogP contribution in [0.15, 0.2) is 30.3 Å². The standard InChI is InChI=1S/C15H21NO3S/c1-20(17,18)19-15-8-7-13-10-16(11-14(13)15)9-12-5-3-2-4-6-12/h2-6,13-15H,7-11H2,1H3/t13-,14+,15-/m0/s1. The lowest BCUT2D eigenvalue weighted by Gasteiger charge is -2.20. The Labute approximate surface area is 120 Å². The molecule has 4 nitrogen and oxygen atoms in total. The fraction of sp³-hybridized carbons (Fsp3) is 0.600. The summed E-state index contributed by atoms with van der Waals surface area (Å²) in [5.74, 6) is 0.957. The summed E-state index contributed by atoms with van der Waals surface area (Å²) in [6, 6.07) is 10.4. The zero-order valence-corrected chi connectivity index (χ0v) is 12.6. The van der Waals surface area contributed by atoms with Gasteiger partial charge < -0.3 is 0 Å². The quantitative estimate of drug-likeness (QED) is 0.796. The minimum Gasteiger partial charge on any atom is -0.298 e. The molecule has 2 fully saturated rings. The number of benzene rings is 1. The molecular weight excluding hydrogens is 274 g/mol. The van der Waals surface area contributed by atoms with Crippen molar-refractivity contribution in [3.8, 4) is 0 Å². The number of likely N-dealkylation sites (tertiary alicyclic amines) is 1. The molecule has 1 saturated carbocycles. The fourth-order valence-electron chi connectivity index (χ4n) is 3.62. The van der Waals surface area contributed by atoms with Crippen LogP contribution in [-0.2, 0) is 20.8 Å². The summed E-state index contributed by atoms with van der Waals surface area (Å²) in [6.07, 6.45) is 2.99. The lowest BCUT2D eigenvalue weighted by atomic mass is 10.00. The monoisotopic (exact) mass is 295 g/mol. The molecule has 3 rings (SSSR count). The van der Waals surface area contributed by atoms with E-state index >= 15 is 0 Å². The van der Waals surface area contributed by atoms with Crippen LogP contribution < -0.4 is 0 Å². The maximum Gasteiger partial charge on any atom is 0.264 e. The fourth-order valence-corrected chi connectivity index (χ4v) is 4.31. The molecule has 20 heavy (non-hydrogen) atoms. The number of hydrogen-bond acceptors (Lipinski definition) is 4. The summed E-state index contributed by atoms with van der Waals surface area (Å²) in [6.45, 7) is 2.95. The first kappa shape index (κ1) is 14.0. The smallest absolute Gasteiger partial charge is 0.264 e. The van der Waals surface area contributed by atoms with E-state index in [0.717, 1.165) is 38.7 Å². The van der Waals surface area contributed by atoms with Crippen molar-refractivity contribution >= 4 is 10.1 Å². The van der Waals surface area contributed by atoms with E-state index in [4.69, 9.17) is 4.18 Å². The topological polar surface area (TPSA) is 46.6 Å². The van der Waals surface area contributed by atoms with Crippen molar-refractivity contribution in [2.45, 2.75) is 25.5 Å². The average molecular weight is 295 g/mol. The molecule has 1 aliphatic heterocycles.